The Kier molecular flexibility index (Phi) is 5.40. The van der Waals surface area contributed by atoms with Gasteiger partial charge in [0.1, 0.15) is 0 Å². The third-order valence-corrected chi connectivity index (χ3v) is 3.63. The van der Waals surface area contributed by atoms with Gasteiger partial charge in [0.25, 0.3) is 0 Å². The van der Waals surface area contributed by atoms with Gasteiger partial charge in [-0.1, -0.05) is 43.7 Å². The van der Waals surface area contributed by atoms with Crippen LogP contribution < -0.4 is 10.2 Å². The highest BCUT2D eigenvalue weighted by molar-refractivity contribution is 5.62. The van der Waals surface area contributed by atoms with E-state index in [4.69, 9.17) is 0 Å². The normalized spacial score (nSPS) is 10.9. The summed E-state index contributed by atoms with van der Waals surface area (Å²) in [4.78, 5) is 2.21. The topological polar surface area (TPSA) is 15.3 Å². The quantitative estimate of drug-likeness (QED) is 0.838. The minimum Gasteiger partial charge on any atom is -0.345 e. The van der Waals surface area contributed by atoms with Crippen molar-refractivity contribution in [3.8, 4) is 0 Å². The first-order valence-corrected chi connectivity index (χ1v) is 7.66. The van der Waals surface area contributed by atoms with Gasteiger partial charge in [0.2, 0.25) is 0 Å². The fraction of sp³-hybridized carbons (Fsp3) is 0.368. The van der Waals surface area contributed by atoms with E-state index in [2.05, 4.69) is 86.6 Å². The van der Waals surface area contributed by atoms with Crippen molar-refractivity contribution in [1.29, 1.82) is 0 Å². The molecule has 0 bridgehead atoms. The van der Waals surface area contributed by atoms with Crippen LogP contribution in [0.5, 0.6) is 0 Å². The molecule has 112 valence electrons. The molecule has 21 heavy (non-hydrogen) atoms. The van der Waals surface area contributed by atoms with Crippen LogP contribution in [0.25, 0.3) is 0 Å². The Bertz CT molecular complexity index is 541. The number of anilines is 2. The molecule has 0 atom stereocenters. The molecule has 1 N–H and O–H groups in total. The first-order chi connectivity index (χ1) is 10.1. The van der Waals surface area contributed by atoms with E-state index in [9.17, 15) is 0 Å². The van der Waals surface area contributed by atoms with Crippen molar-refractivity contribution in [2.24, 2.45) is 5.92 Å². The molecule has 0 saturated heterocycles. The summed E-state index contributed by atoms with van der Waals surface area (Å²) in [7, 11) is 2.11. The molecule has 0 saturated carbocycles. The molecule has 0 aliphatic rings. The van der Waals surface area contributed by atoms with E-state index < -0.39 is 0 Å². The SMILES string of the molecule is Cc1ccc(N(C)c2ccc(CNCC(C)C)cc2)cc1. The third-order valence-electron chi connectivity index (χ3n) is 3.63. The highest BCUT2D eigenvalue weighted by Gasteiger charge is 2.03. The minimum absolute atomic E-state index is 0.692. The lowest BCUT2D eigenvalue weighted by atomic mass is 10.1. The van der Waals surface area contributed by atoms with Crippen LogP contribution in [0.1, 0.15) is 25.0 Å². The molecule has 2 rings (SSSR count). The lowest BCUT2D eigenvalue weighted by Gasteiger charge is -2.20. The monoisotopic (exact) mass is 282 g/mol. The molecule has 0 fully saturated rings. The molecule has 0 aliphatic carbocycles. The second kappa shape index (κ2) is 7.28. The summed E-state index contributed by atoms with van der Waals surface area (Å²) in [6.07, 6.45) is 0. The highest BCUT2D eigenvalue weighted by atomic mass is 15.1. The average molecular weight is 282 g/mol. The van der Waals surface area contributed by atoms with Gasteiger partial charge >= 0.3 is 0 Å². The fourth-order valence-electron chi connectivity index (χ4n) is 2.26. The molecule has 0 aromatic heterocycles. The molecule has 0 aliphatic heterocycles. The number of nitrogens with zero attached hydrogens (tertiary/aromatic N) is 1. The van der Waals surface area contributed by atoms with E-state index in [0.29, 0.717) is 5.92 Å². The third kappa shape index (κ3) is 4.61. The van der Waals surface area contributed by atoms with Gasteiger partial charge in [0.15, 0.2) is 0 Å². The van der Waals surface area contributed by atoms with Gasteiger partial charge in [-0.25, -0.2) is 0 Å². The van der Waals surface area contributed by atoms with E-state index in [-0.39, 0.29) is 0 Å². The van der Waals surface area contributed by atoms with Gasteiger partial charge < -0.3 is 10.2 Å². The van der Waals surface area contributed by atoms with Crippen molar-refractivity contribution in [3.05, 3.63) is 59.7 Å². The lowest BCUT2D eigenvalue weighted by molar-refractivity contribution is 0.552. The number of aryl methyl sites for hydroxylation is 1. The van der Waals surface area contributed by atoms with Crippen molar-refractivity contribution in [3.63, 3.8) is 0 Å². The second-order valence-corrected chi connectivity index (χ2v) is 6.09. The van der Waals surface area contributed by atoms with Crippen LogP contribution in [-0.2, 0) is 6.54 Å². The lowest BCUT2D eigenvalue weighted by Crippen LogP contribution is -2.19. The first-order valence-electron chi connectivity index (χ1n) is 7.66. The van der Waals surface area contributed by atoms with Crippen molar-refractivity contribution >= 4 is 11.4 Å². The van der Waals surface area contributed by atoms with Crippen molar-refractivity contribution in [1.82, 2.24) is 5.32 Å². The summed E-state index contributed by atoms with van der Waals surface area (Å²) in [6.45, 7) is 8.57. The van der Waals surface area contributed by atoms with Crippen LogP contribution in [0, 0.1) is 12.8 Å². The number of hydrogen-bond acceptors (Lipinski definition) is 2. The fourth-order valence-corrected chi connectivity index (χ4v) is 2.26. The summed E-state index contributed by atoms with van der Waals surface area (Å²) in [5.74, 6) is 0.692. The molecular weight excluding hydrogens is 256 g/mol. The molecule has 2 nitrogen and oxygen atoms in total. The molecule has 2 aromatic carbocycles. The zero-order valence-corrected chi connectivity index (χ0v) is 13.6. The Morgan fingerprint density at radius 3 is 1.95 bits per heavy atom. The van der Waals surface area contributed by atoms with Gasteiger partial charge in [-0.3, -0.25) is 0 Å². The van der Waals surface area contributed by atoms with Gasteiger partial charge in [0.05, 0.1) is 0 Å². The molecule has 2 heteroatoms. The van der Waals surface area contributed by atoms with Crippen LogP contribution in [0.4, 0.5) is 11.4 Å². The number of benzene rings is 2. The van der Waals surface area contributed by atoms with E-state index in [1.807, 2.05) is 0 Å². The number of nitrogens with one attached hydrogen (secondary N) is 1. The van der Waals surface area contributed by atoms with Crippen LogP contribution in [0.3, 0.4) is 0 Å². The van der Waals surface area contributed by atoms with Gasteiger partial charge in [0, 0.05) is 25.0 Å². The average Bonchev–Trinajstić information content (AvgIpc) is 2.48. The zero-order valence-electron chi connectivity index (χ0n) is 13.6. The first kappa shape index (κ1) is 15.6. The standard InChI is InChI=1S/C19H26N2/c1-15(2)13-20-14-17-7-11-19(12-8-17)21(4)18-9-5-16(3)6-10-18/h5-12,15,20H,13-14H2,1-4H3. The van der Waals surface area contributed by atoms with Crippen molar-refractivity contribution in [2.45, 2.75) is 27.3 Å². The summed E-state index contributed by atoms with van der Waals surface area (Å²) in [5, 5.41) is 3.47. The maximum absolute atomic E-state index is 3.47. The van der Waals surface area contributed by atoms with E-state index in [0.717, 1.165) is 13.1 Å². The van der Waals surface area contributed by atoms with Crippen LogP contribution in [0.2, 0.25) is 0 Å². The van der Waals surface area contributed by atoms with Crippen molar-refractivity contribution in [2.75, 3.05) is 18.5 Å². The predicted molar refractivity (Wildman–Crippen MR) is 92.2 cm³/mol. The smallest absolute Gasteiger partial charge is 0.0408 e. The predicted octanol–water partition coefficient (Wildman–Crippen LogP) is 4.51. The summed E-state index contributed by atoms with van der Waals surface area (Å²) >= 11 is 0. The molecule has 0 unspecified atom stereocenters. The van der Waals surface area contributed by atoms with E-state index in [1.54, 1.807) is 0 Å². The molecular formula is C19H26N2. The Labute approximate surface area is 128 Å². The van der Waals surface area contributed by atoms with Crippen LogP contribution in [-0.4, -0.2) is 13.6 Å². The van der Waals surface area contributed by atoms with E-state index >= 15 is 0 Å². The summed E-state index contributed by atoms with van der Waals surface area (Å²) in [5.41, 5.74) is 5.05. The number of hydrogen-bond donors (Lipinski definition) is 1. The Balaban J connectivity index is 1.99. The Morgan fingerprint density at radius 1 is 0.905 bits per heavy atom. The molecule has 0 amide bonds. The van der Waals surface area contributed by atoms with Gasteiger partial charge in [-0.2, -0.15) is 0 Å². The molecule has 0 radical (unpaired) electrons. The minimum atomic E-state index is 0.692. The largest absolute Gasteiger partial charge is 0.345 e. The van der Waals surface area contributed by atoms with Gasteiger partial charge in [-0.05, 0) is 49.2 Å². The highest BCUT2D eigenvalue weighted by Crippen LogP contribution is 2.23. The summed E-state index contributed by atoms with van der Waals surface area (Å²) in [6, 6.07) is 17.4. The van der Waals surface area contributed by atoms with E-state index in [1.165, 1.54) is 22.5 Å². The number of rotatable bonds is 6. The summed E-state index contributed by atoms with van der Waals surface area (Å²) < 4.78 is 0. The zero-order chi connectivity index (χ0) is 15.2. The maximum atomic E-state index is 3.47. The molecule has 2 aromatic rings. The Morgan fingerprint density at radius 2 is 1.43 bits per heavy atom. The molecule has 0 spiro atoms. The maximum Gasteiger partial charge on any atom is 0.0408 e. The second-order valence-electron chi connectivity index (χ2n) is 6.09. The van der Waals surface area contributed by atoms with Gasteiger partial charge in [-0.15, -0.1) is 0 Å². The molecule has 0 heterocycles. The van der Waals surface area contributed by atoms with Crippen molar-refractivity contribution < 1.29 is 0 Å². The van der Waals surface area contributed by atoms with Crippen LogP contribution >= 0.6 is 0 Å². The Hall–Kier alpha value is -1.80. The van der Waals surface area contributed by atoms with Crippen LogP contribution in [0.15, 0.2) is 48.5 Å².